The lowest BCUT2D eigenvalue weighted by molar-refractivity contribution is -0.130. The second-order valence-electron chi connectivity index (χ2n) is 8.66. The van der Waals surface area contributed by atoms with Gasteiger partial charge in [-0.3, -0.25) is 14.4 Å². The number of alkyl halides is 3. The number of nitrogens with one attached hydrogen (secondary N) is 1. The van der Waals surface area contributed by atoms with Gasteiger partial charge in [-0.2, -0.15) is 13.2 Å². The Morgan fingerprint density at radius 2 is 1.78 bits per heavy atom. The molecular formula is C24H29BrF4N4O2S2. The van der Waals surface area contributed by atoms with Gasteiger partial charge in [-0.1, -0.05) is 39.0 Å². The lowest BCUT2D eigenvalue weighted by atomic mass is 10.00. The first-order valence-corrected chi connectivity index (χ1v) is 15.8. The number of pyridine rings is 1. The summed E-state index contributed by atoms with van der Waals surface area (Å²) in [5.74, 6) is -0.141. The second-order valence-corrected chi connectivity index (χ2v) is 15.1. The van der Waals surface area contributed by atoms with Gasteiger partial charge < -0.3 is 0 Å². The molecule has 204 valence electrons. The molecule has 0 aliphatic carbocycles. The monoisotopic (exact) mass is 624 g/mol. The highest BCUT2D eigenvalue weighted by atomic mass is 79.9. The first kappa shape index (κ1) is 29.6. The lowest BCUT2D eigenvalue weighted by Gasteiger charge is -2.40. The number of halogens is 5. The molecule has 2 atom stereocenters. The molecule has 2 heterocycles. The first-order chi connectivity index (χ1) is 17.3. The number of guanidine groups is 1. The molecule has 0 saturated heterocycles. The number of hydrogen-bond donors (Lipinski definition) is 1. The number of carbonyl (C=O) groups excluding carboxylic acids is 1. The van der Waals surface area contributed by atoms with Crippen LogP contribution in [0.4, 0.5) is 17.6 Å². The van der Waals surface area contributed by atoms with E-state index in [1.807, 2.05) is 20.8 Å². The van der Waals surface area contributed by atoms with Crippen molar-refractivity contribution in [3.63, 3.8) is 0 Å². The van der Waals surface area contributed by atoms with E-state index < -0.39 is 62.7 Å². The fraction of sp³-hybridized carbons (Fsp3) is 0.458. The third-order valence-electron chi connectivity index (χ3n) is 6.35. The number of nitrogens with zero attached hydrogens (tertiary/aromatic N) is 3. The molecule has 1 aromatic carbocycles. The quantitative estimate of drug-likeness (QED) is 0.315. The Morgan fingerprint density at radius 3 is 2.32 bits per heavy atom. The molecule has 1 aliphatic heterocycles. The fourth-order valence-electron chi connectivity index (χ4n) is 4.25. The lowest BCUT2D eigenvalue weighted by Crippen LogP contribution is -2.55. The summed E-state index contributed by atoms with van der Waals surface area (Å²) in [5, 5.41) is 2.36. The molecule has 6 nitrogen and oxygen atoms in total. The van der Waals surface area contributed by atoms with E-state index in [2.05, 4.69) is 31.2 Å². The van der Waals surface area contributed by atoms with Gasteiger partial charge in [0.2, 0.25) is 5.96 Å². The van der Waals surface area contributed by atoms with Crippen LogP contribution < -0.4 is 5.32 Å². The molecular weight excluding hydrogens is 596 g/mol. The maximum absolute atomic E-state index is 16.2. The highest BCUT2D eigenvalue weighted by molar-refractivity contribution is 9.10. The summed E-state index contributed by atoms with van der Waals surface area (Å²) >= 11 is 3.35. The van der Waals surface area contributed by atoms with Crippen molar-refractivity contribution in [3.8, 4) is 0 Å². The van der Waals surface area contributed by atoms with Crippen LogP contribution in [0.15, 0.2) is 50.9 Å². The largest absolute Gasteiger partial charge is 0.407 e. The normalized spacial score (nSPS) is 20.9. The van der Waals surface area contributed by atoms with Crippen molar-refractivity contribution in [2.45, 2.75) is 44.3 Å². The van der Waals surface area contributed by atoms with Crippen LogP contribution in [0.1, 0.15) is 43.7 Å². The molecule has 1 N–H and O–H groups in total. The zero-order valence-electron chi connectivity index (χ0n) is 20.9. The summed E-state index contributed by atoms with van der Waals surface area (Å²) < 4.78 is 70.3. The second kappa shape index (κ2) is 11.4. The van der Waals surface area contributed by atoms with E-state index >= 15 is 4.39 Å². The summed E-state index contributed by atoms with van der Waals surface area (Å²) in [6.07, 6.45) is -4.72. The molecule has 0 fully saturated rings. The molecule has 0 radical (unpaired) electrons. The molecule has 0 spiro atoms. The Balaban J connectivity index is 2.18. The maximum atomic E-state index is 16.2. The van der Waals surface area contributed by atoms with E-state index in [0.29, 0.717) is 13.8 Å². The van der Waals surface area contributed by atoms with Gasteiger partial charge >= 0.3 is 6.18 Å². The van der Waals surface area contributed by atoms with E-state index in [0.717, 1.165) is 17.3 Å². The zero-order chi connectivity index (χ0) is 27.6. The summed E-state index contributed by atoms with van der Waals surface area (Å²) in [4.78, 5) is 22.0. The molecule has 1 aromatic heterocycles. The van der Waals surface area contributed by atoms with E-state index in [-0.39, 0.29) is 11.3 Å². The van der Waals surface area contributed by atoms with Crippen molar-refractivity contribution in [2.75, 3.05) is 29.6 Å². The van der Waals surface area contributed by atoms with Crippen LogP contribution in [0.25, 0.3) is 0 Å². The number of hydrogen-bond acceptors (Lipinski definition) is 4. The number of rotatable bonds is 7. The topological polar surface area (TPSA) is 74.7 Å². The van der Waals surface area contributed by atoms with Crippen LogP contribution in [0.2, 0.25) is 0 Å². The molecule has 37 heavy (non-hydrogen) atoms. The van der Waals surface area contributed by atoms with Crippen molar-refractivity contribution in [3.05, 3.63) is 58.1 Å². The third kappa shape index (κ3) is 6.36. The standard InChI is InChI=1S/C24H29BrF4N4O2S2/c1-5-37(6-2,7-3)17-13-18(25)30-20(19(17)26)23(4)15-36(35)33(14-24(27,28)29)22(32-23)31-21(34)16-11-9-8-10-12-16/h8-13H,5-7,14-15H2,1-4H3,(H,31,32,34). The number of aliphatic imine (C=N–C) groups is 1. The molecule has 1 amide bonds. The smallest absolute Gasteiger partial charge is 0.292 e. The van der Waals surface area contributed by atoms with Crippen LogP contribution in [0.3, 0.4) is 0 Å². The van der Waals surface area contributed by atoms with Crippen LogP contribution in [0.5, 0.6) is 0 Å². The van der Waals surface area contributed by atoms with Crippen molar-refractivity contribution in [1.29, 1.82) is 0 Å². The van der Waals surface area contributed by atoms with E-state index in [9.17, 15) is 22.2 Å². The number of carbonyl (C=O) groups is 1. The summed E-state index contributed by atoms with van der Waals surface area (Å²) in [6, 6.07) is 9.48. The van der Waals surface area contributed by atoms with E-state index in [1.54, 1.807) is 24.3 Å². The highest BCUT2D eigenvalue weighted by Gasteiger charge is 2.45. The van der Waals surface area contributed by atoms with Crippen LogP contribution >= 0.6 is 26.0 Å². The number of amides is 1. The Hall–Kier alpha value is -1.99. The number of aromatic nitrogens is 1. The van der Waals surface area contributed by atoms with Crippen LogP contribution in [-0.4, -0.2) is 61.1 Å². The van der Waals surface area contributed by atoms with E-state index in [1.165, 1.54) is 19.1 Å². The maximum Gasteiger partial charge on any atom is 0.407 e. The molecule has 3 rings (SSSR count). The van der Waals surface area contributed by atoms with Gasteiger partial charge in [-0.15, -0.1) is 0 Å². The van der Waals surface area contributed by atoms with Gasteiger partial charge in [0.25, 0.3) is 5.91 Å². The van der Waals surface area contributed by atoms with Gasteiger partial charge in [0.15, 0.2) is 5.82 Å². The zero-order valence-corrected chi connectivity index (χ0v) is 24.1. The third-order valence-corrected chi connectivity index (χ3v) is 12.9. The minimum Gasteiger partial charge on any atom is -0.292 e. The predicted molar refractivity (Wildman–Crippen MR) is 144 cm³/mol. The minimum atomic E-state index is -4.72. The molecule has 0 saturated carbocycles. The summed E-state index contributed by atoms with van der Waals surface area (Å²) in [6.45, 7) is 5.86. The molecule has 1 aliphatic rings. The van der Waals surface area contributed by atoms with Crippen molar-refractivity contribution in [1.82, 2.24) is 14.6 Å². The Morgan fingerprint density at radius 1 is 1.19 bits per heavy atom. The first-order valence-electron chi connectivity index (χ1n) is 11.6. The van der Waals surface area contributed by atoms with Crippen molar-refractivity contribution in [2.24, 2.45) is 4.99 Å². The van der Waals surface area contributed by atoms with Gasteiger partial charge in [0.1, 0.15) is 33.4 Å². The predicted octanol–water partition coefficient (Wildman–Crippen LogP) is 5.75. The minimum absolute atomic E-state index is 0.129. The average Bonchev–Trinajstić information content (AvgIpc) is 2.84. The Bertz CT molecular complexity index is 1200. The summed E-state index contributed by atoms with van der Waals surface area (Å²) in [5.41, 5.74) is -1.56. The highest BCUT2D eigenvalue weighted by Crippen LogP contribution is 2.57. The van der Waals surface area contributed by atoms with Gasteiger partial charge in [0.05, 0.1) is 5.75 Å². The fourth-order valence-corrected chi connectivity index (χ4v) is 9.21. The molecule has 2 aromatic rings. The molecule has 13 heteroatoms. The summed E-state index contributed by atoms with van der Waals surface area (Å²) in [7, 11) is -3.84. The molecule has 2 unspecified atom stereocenters. The van der Waals surface area contributed by atoms with E-state index in [4.69, 9.17) is 0 Å². The van der Waals surface area contributed by atoms with Crippen LogP contribution in [0, 0.1) is 5.82 Å². The van der Waals surface area contributed by atoms with Crippen molar-refractivity contribution >= 4 is 48.8 Å². The van der Waals surface area contributed by atoms with Gasteiger partial charge in [0, 0.05) is 10.5 Å². The Labute approximate surface area is 226 Å². The molecule has 0 bridgehead atoms. The van der Waals surface area contributed by atoms with Crippen molar-refractivity contribution < 1.29 is 26.6 Å². The van der Waals surface area contributed by atoms with Crippen LogP contribution in [-0.2, 0) is 16.5 Å². The Kier molecular flexibility index (Phi) is 9.11. The SMILES string of the molecule is CCS(CC)(CC)c1cc(Br)nc(C2(C)CS(=O)N(CC(F)(F)F)C(NC(=O)c3ccccc3)=N2)c1F. The van der Waals surface area contributed by atoms with Gasteiger partial charge in [-0.05, 0) is 58.3 Å². The number of benzene rings is 1. The average molecular weight is 626 g/mol. The van der Waals surface area contributed by atoms with Gasteiger partial charge in [-0.25, -0.2) is 28.6 Å².